The average molecular weight is 194 g/mol. The molecule has 0 fully saturated rings. The first-order chi connectivity index (χ1) is 6.25. The molecule has 0 saturated heterocycles. The van der Waals surface area contributed by atoms with E-state index in [4.69, 9.17) is 0 Å². The molecular weight excluding hydrogens is 187 g/mol. The van der Waals surface area contributed by atoms with E-state index in [9.17, 15) is 4.39 Å². The minimum atomic E-state index is -0.322. The van der Waals surface area contributed by atoms with E-state index in [-0.39, 0.29) is 5.82 Å². The third-order valence-electron chi connectivity index (χ3n) is 1.57. The van der Waals surface area contributed by atoms with Gasteiger partial charge in [-0.05, 0) is 19.1 Å². The van der Waals surface area contributed by atoms with Crippen LogP contribution in [0.15, 0.2) is 23.7 Å². The monoisotopic (exact) mass is 194 g/mol. The van der Waals surface area contributed by atoms with E-state index in [2.05, 4.69) is 9.97 Å². The quantitative estimate of drug-likeness (QED) is 0.697. The lowest BCUT2D eigenvalue weighted by atomic mass is 10.3. The summed E-state index contributed by atoms with van der Waals surface area (Å²) in [7, 11) is 0. The van der Waals surface area contributed by atoms with Crippen molar-refractivity contribution in [3.63, 3.8) is 0 Å². The number of halogens is 1. The first-order valence-corrected chi connectivity index (χ1v) is 4.68. The summed E-state index contributed by atoms with van der Waals surface area (Å²) in [5.74, 6) is -0.322. The Labute approximate surface area is 79.1 Å². The number of hydrogen-bond donors (Lipinski definition) is 0. The molecule has 66 valence electrons. The minimum Gasteiger partial charge on any atom is -0.251 e. The highest BCUT2D eigenvalue weighted by molar-refractivity contribution is 7.13. The van der Waals surface area contributed by atoms with Crippen molar-refractivity contribution in [1.82, 2.24) is 9.97 Å². The molecule has 0 aliphatic heterocycles. The van der Waals surface area contributed by atoms with E-state index in [0.717, 1.165) is 16.4 Å². The molecule has 0 aromatic carbocycles. The van der Waals surface area contributed by atoms with Crippen molar-refractivity contribution in [3.8, 4) is 10.7 Å². The zero-order chi connectivity index (χ0) is 9.26. The molecule has 0 amide bonds. The van der Waals surface area contributed by atoms with Crippen molar-refractivity contribution in [3.05, 3.63) is 35.2 Å². The lowest BCUT2D eigenvalue weighted by Gasteiger charge is -1.93. The highest BCUT2D eigenvalue weighted by Crippen LogP contribution is 2.20. The molecule has 0 saturated carbocycles. The van der Waals surface area contributed by atoms with E-state index in [1.165, 1.54) is 23.6 Å². The lowest BCUT2D eigenvalue weighted by molar-refractivity contribution is 0.622. The third-order valence-corrected chi connectivity index (χ3v) is 2.55. The van der Waals surface area contributed by atoms with Crippen LogP contribution < -0.4 is 0 Å². The summed E-state index contributed by atoms with van der Waals surface area (Å²) in [6, 6.07) is 3.02. The van der Waals surface area contributed by atoms with Gasteiger partial charge in [-0.3, -0.25) is 4.98 Å². The highest BCUT2D eigenvalue weighted by Gasteiger charge is 2.02. The van der Waals surface area contributed by atoms with Gasteiger partial charge < -0.3 is 0 Å². The number of thiazole rings is 1. The fourth-order valence-electron chi connectivity index (χ4n) is 0.974. The Morgan fingerprint density at radius 3 is 2.77 bits per heavy atom. The Bertz CT molecular complexity index is 408. The molecule has 0 atom stereocenters. The Morgan fingerprint density at radius 1 is 1.38 bits per heavy atom. The maximum Gasteiger partial charge on any atom is 0.142 e. The van der Waals surface area contributed by atoms with E-state index in [0.29, 0.717) is 0 Å². The van der Waals surface area contributed by atoms with Crippen LogP contribution >= 0.6 is 11.3 Å². The van der Waals surface area contributed by atoms with Crippen molar-refractivity contribution in [1.29, 1.82) is 0 Å². The molecule has 2 aromatic rings. The summed E-state index contributed by atoms with van der Waals surface area (Å²) < 4.78 is 12.5. The Kier molecular flexibility index (Phi) is 2.06. The highest BCUT2D eigenvalue weighted by atomic mass is 32.1. The number of aryl methyl sites for hydroxylation is 1. The zero-order valence-electron chi connectivity index (χ0n) is 6.99. The van der Waals surface area contributed by atoms with Gasteiger partial charge >= 0.3 is 0 Å². The molecule has 0 radical (unpaired) electrons. The van der Waals surface area contributed by atoms with Crippen LogP contribution in [0.3, 0.4) is 0 Å². The minimum absolute atomic E-state index is 0.322. The van der Waals surface area contributed by atoms with Gasteiger partial charge in [0.1, 0.15) is 10.8 Å². The average Bonchev–Trinajstić information content (AvgIpc) is 2.53. The Hall–Kier alpha value is -1.29. The molecule has 0 spiro atoms. The molecule has 0 aliphatic carbocycles. The fraction of sp³-hybridized carbons (Fsp3) is 0.111. The largest absolute Gasteiger partial charge is 0.251 e. The van der Waals surface area contributed by atoms with Crippen LogP contribution in [0.4, 0.5) is 4.39 Å². The summed E-state index contributed by atoms with van der Waals surface area (Å²) in [4.78, 5) is 8.18. The van der Waals surface area contributed by atoms with Gasteiger partial charge in [0.2, 0.25) is 0 Å². The van der Waals surface area contributed by atoms with Crippen molar-refractivity contribution >= 4 is 11.3 Å². The summed E-state index contributed by atoms with van der Waals surface area (Å²) in [6.07, 6.45) is 1.20. The first kappa shape index (κ1) is 8.31. The van der Waals surface area contributed by atoms with Crippen LogP contribution in [-0.4, -0.2) is 9.97 Å². The van der Waals surface area contributed by atoms with Crippen molar-refractivity contribution in [2.75, 3.05) is 0 Å². The predicted octanol–water partition coefficient (Wildman–Crippen LogP) is 2.65. The second-order valence-electron chi connectivity index (χ2n) is 2.66. The van der Waals surface area contributed by atoms with Crippen molar-refractivity contribution in [2.24, 2.45) is 0 Å². The molecule has 2 nitrogen and oxygen atoms in total. The van der Waals surface area contributed by atoms with Gasteiger partial charge in [-0.2, -0.15) is 0 Å². The van der Waals surface area contributed by atoms with E-state index in [1.807, 2.05) is 12.3 Å². The smallest absolute Gasteiger partial charge is 0.142 e. The van der Waals surface area contributed by atoms with Crippen molar-refractivity contribution in [2.45, 2.75) is 6.92 Å². The van der Waals surface area contributed by atoms with Gasteiger partial charge in [0.15, 0.2) is 0 Å². The molecule has 0 bridgehead atoms. The maximum absolute atomic E-state index is 12.5. The standard InChI is InChI=1S/C9H7FN2S/c1-6-5-13-9(12-6)8-3-2-7(10)4-11-8/h2-5H,1H3. The van der Waals surface area contributed by atoms with Crippen LogP contribution in [0.1, 0.15) is 5.69 Å². The third kappa shape index (κ3) is 1.72. The number of hydrogen-bond acceptors (Lipinski definition) is 3. The molecule has 2 heterocycles. The van der Waals surface area contributed by atoms with Gasteiger partial charge in [-0.1, -0.05) is 0 Å². The van der Waals surface area contributed by atoms with E-state index in [1.54, 1.807) is 6.07 Å². The Balaban J connectivity index is 2.41. The van der Waals surface area contributed by atoms with Crippen molar-refractivity contribution < 1.29 is 4.39 Å². The van der Waals surface area contributed by atoms with Gasteiger partial charge in [-0.25, -0.2) is 9.37 Å². The van der Waals surface area contributed by atoms with E-state index < -0.39 is 0 Å². The van der Waals surface area contributed by atoms with Crippen LogP contribution in [0, 0.1) is 12.7 Å². The SMILES string of the molecule is Cc1csc(-c2ccc(F)cn2)n1. The van der Waals surface area contributed by atoms with Gasteiger partial charge in [0.05, 0.1) is 11.9 Å². The molecule has 0 N–H and O–H groups in total. The van der Waals surface area contributed by atoms with Crippen LogP contribution in [0.25, 0.3) is 10.7 Å². The predicted molar refractivity (Wildman–Crippen MR) is 50.0 cm³/mol. The normalized spacial score (nSPS) is 10.3. The lowest BCUT2D eigenvalue weighted by Crippen LogP contribution is -1.83. The second-order valence-corrected chi connectivity index (χ2v) is 3.51. The van der Waals surface area contributed by atoms with Crippen LogP contribution in [-0.2, 0) is 0 Å². The molecule has 2 rings (SSSR count). The van der Waals surface area contributed by atoms with Crippen LogP contribution in [0.5, 0.6) is 0 Å². The maximum atomic E-state index is 12.5. The van der Waals surface area contributed by atoms with E-state index >= 15 is 0 Å². The van der Waals surface area contributed by atoms with Gasteiger partial charge in [-0.15, -0.1) is 11.3 Å². The molecule has 2 aromatic heterocycles. The molecule has 0 unspecified atom stereocenters. The fourth-order valence-corrected chi connectivity index (χ4v) is 1.75. The topological polar surface area (TPSA) is 25.8 Å². The summed E-state index contributed by atoms with van der Waals surface area (Å²) >= 11 is 1.51. The Morgan fingerprint density at radius 2 is 2.23 bits per heavy atom. The number of nitrogens with zero attached hydrogens (tertiary/aromatic N) is 2. The number of aromatic nitrogens is 2. The number of pyridine rings is 1. The second kappa shape index (κ2) is 3.22. The van der Waals surface area contributed by atoms with Gasteiger partial charge in [0.25, 0.3) is 0 Å². The molecule has 4 heteroatoms. The van der Waals surface area contributed by atoms with Gasteiger partial charge in [0, 0.05) is 11.1 Å². The molecular formula is C9H7FN2S. The zero-order valence-corrected chi connectivity index (χ0v) is 7.81. The summed E-state index contributed by atoms with van der Waals surface area (Å²) in [5, 5.41) is 2.78. The number of rotatable bonds is 1. The summed E-state index contributed by atoms with van der Waals surface area (Å²) in [6.45, 7) is 1.92. The molecule has 13 heavy (non-hydrogen) atoms. The first-order valence-electron chi connectivity index (χ1n) is 3.80. The summed E-state index contributed by atoms with van der Waals surface area (Å²) in [5.41, 5.74) is 1.69. The molecule has 0 aliphatic rings. The van der Waals surface area contributed by atoms with Crippen LogP contribution in [0.2, 0.25) is 0 Å².